The summed E-state index contributed by atoms with van der Waals surface area (Å²) in [6.07, 6.45) is 10.1. The van der Waals surface area contributed by atoms with Crippen LogP contribution in [0.1, 0.15) is 38.5 Å². The zero-order valence-electron chi connectivity index (χ0n) is 11.6. The third-order valence-corrected chi connectivity index (χ3v) is 5.00. The van der Waals surface area contributed by atoms with Gasteiger partial charge in [-0.3, -0.25) is 9.30 Å². The molecular weight excluding hydrogens is 268 g/mol. The summed E-state index contributed by atoms with van der Waals surface area (Å²) in [5, 5.41) is 4.67. The van der Waals surface area contributed by atoms with Crippen LogP contribution < -0.4 is 0 Å². The summed E-state index contributed by atoms with van der Waals surface area (Å²) in [5.41, 5.74) is 0.944. The summed E-state index contributed by atoms with van der Waals surface area (Å²) in [6, 6.07) is 7.55. The van der Waals surface area contributed by atoms with E-state index in [-0.39, 0.29) is 0 Å². The van der Waals surface area contributed by atoms with E-state index >= 15 is 0 Å². The SMILES string of the molecule is S=c1n(CN(C2CCCC2)C2CC2)nc2ccccn12. The minimum atomic E-state index is 0.745. The second-order valence-corrected chi connectivity index (χ2v) is 6.40. The second-order valence-electron chi connectivity index (χ2n) is 6.04. The molecule has 2 fully saturated rings. The molecule has 0 N–H and O–H groups in total. The van der Waals surface area contributed by atoms with Gasteiger partial charge in [-0.25, -0.2) is 4.68 Å². The van der Waals surface area contributed by atoms with Crippen LogP contribution in [0.5, 0.6) is 0 Å². The summed E-state index contributed by atoms with van der Waals surface area (Å²) in [5.74, 6) is 0. The zero-order chi connectivity index (χ0) is 13.5. The molecule has 5 heteroatoms. The Labute approximate surface area is 124 Å². The number of rotatable bonds is 4. The lowest BCUT2D eigenvalue weighted by Gasteiger charge is -2.28. The fourth-order valence-corrected chi connectivity index (χ4v) is 3.64. The third-order valence-electron chi connectivity index (χ3n) is 4.60. The molecule has 2 aromatic heterocycles. The highest BCUT2D eigenvalue weighted by Gasteiger charge is 2.35. The highest BCUT2D eigenvalue weighted by molar-refractivity contribution is 7.71. The Kier molecular flexibility index (Phi) is 3.11. The number of hydrogen-bond acceptors (Lipinski definition) is 3. The van der Waals surface area contributed by atoms with Crippen molar-refractivity contribution in [3.05, 3.63) is 29.2 Å². The highest BCUT2D eigenvalue weighted by Crippen LogP contribution is 2.34. The van der Waals surface area contributed by atoms with Crippen molar-refractivity contribution in [3.8, 4) is 0 Å². The van der Waals surface area contributed by atoms with Gasteiger partial charge in [0, 0.05) is 18.3 Å². The Hall–Kier alpha value is -1.20. The van der Waals surface area contributed by atoms with Gasteiger partial charge in [0.05, 0.1) is 6.67 Å². The summed E-state index contributed by atoms with van der Waals surface area (Å²) in [7, 11) is 0. The maximum absolute atomic E-state index is 5.56. The molecule has 2 aliphatic rings. The molecule has 0 amide bonds. The maximum atomic E-state index is 5.56. The summed E-state index contributed by atoms with van der Waals surface area (Å²) in [6.45, 7) is 0.857. The van der Waals surface area contributed by atoms with Crippen molar-refractivity contribution in [1.29, 1.82) is 0 Å². The number of pyridine rings is 1. The molecule has 0 saturated heterocycles. The molecule has 0 aromatic carbocycles. The van der Waals surface area contributed by atoms with Crippen LogP contribution in [0.15, 0.2) is 24.4 Å². The van der Waals surface area contributed by atoms with Crippen LogP contribution in [0.4, 0.5) is 0 Å². The fraction of sp³-hybridized carbons (Fsp3) is 0.600. The minimum Gasteiger partial charge on any atom is -0.278 e. The van der Waals surface area contributed by atoms with Crippen molar-refractivity contribution in [2.75, 3.05) is 0 Å². The lowest BCUT2D eigenvalue weighted by atomic mass is 10.2. The van der Waals surface area contributed by atoms with Crippen LogP contribution in [0, 0.1) is 4.77 Å². The van der Waals surface area contributed by atoms with Crippen LogP contribution in [-0.2, 0) is 6.67 Å². The standard InChI is InChI=1S/C15H20N4S/c20-15-17-10-4-3-7-14(17)16-19(15)11-18(13-8-9-13)12-5-1-2-6-12/h3-4,7,10,12-13H,1-2,5-6,8-9,11H2. The second kappa shape index (κ2) is 4.97. The molecule has 0 spiro atoms. The molecule has 20 heavy (non-hydrogen) atoms. The smallest absolute Gasteiger partial charge is 0.203 e. The van der Waals surface area contributed by atoms with Gasteiger partial charge in [0.25, 0.3) is 0 Å². The van der Waals surface area contributed by atoms with Crippen LogP contribution in [0.2, 0.25) is 0 Å². The third kappa shape index (κ3) is 2.19. The molecule has 0 bridgehead atoms. The predicted molar refractivity (Wildman–Crippen MR) is 81.1 cm³/mol. The van der Waals surface area contributed by atoms with Crippen LogP contribution in [-0.4, -0.2) is 31.2 Å². The quantitative estimate of drug-likeness (QED) is 0.808. The molecular formula is C15H20N4S. The van der Waals surface area contributed by atoms with E-state index in [2.05, 4.69) is 10.00 Å². The molecule has 2 aliphatic carbocycles. The number of aromatic nitrogens is 3. The average Bonchev–Trinajstić information content (AvgIpc) is 3.06. The first-order valence-corrected chi connectivity index (χ1v) is 8.04. The molecule has 4 nitrogen and oxygen atoms in total. The van der Waals surface area contributed by atoms with Gasteiger partial charge in [0.1, 0.15) is 0 Å². The predicted octanol–water partition coefficient (Wildman–Crippen LogP) is 3.23. The summed E-state index contributed by atoms with van der Waals surface area (Å²) >= 11 is 5.56. The van der Waals surface area contributed by atoms with E-state index in [1.54, 1.807) is 0 Å². The van der Waals surface area contributed by atoms with Crippen LogP contribution in [0.25, 0.3) is 5.65 Å². The van der Waals surface area contributed by atoms with E-state index in [0.29, 0.717) is 0 Å². The first-order valence-electron chi connectivity index (χ1n) is 7.63. The van der Waals surface area contributed by atoms with Gasteiger partial charge in [0.2, 0.25) is 4.77 Å². The van der Waals surface area contributed by atoms with Crippen LogP contribution in [0.3, 0.4) is 0 Å². The Morgan fingerprint density at radius 1 is 1.15 bits per heavy atom. The largest absolute Gasteiger partial charge is 0.278 e. The molecule has 2 aromatic rings. The van der Waals surface area contributed by atoms with Gasteiger partial charge < -0.3 is 0 Å². The van der Waals surface area contributed by atoms with Gasteiger partial charge in [-0.15, -0.1) is 0 Å². The molecule has 2 heterocycles. The summed E-state index contributed by atoms with van der Waals surface area (Å²) in [4.78, 5) is 2.65. The molecule has 4 rings (SSSR count). The molecule has 106 valence electrons. The van der Waals surface area contributed by atoms with E-state index in [1.807, 2.05) is 33.5 Å². The number of fused-ring (bicyclic) bond motifs is 1. The Balaban J connectivity index is 1.64. The molecule has 2 saturated carbocycles. The minimum absolute atomic E-state index is 0.745. The van der Waals surface area contributed by atoms with Crippen molar-refractivity contribution in [2.24, 2.45) is 0 Å². The van der Waals surface area contributed by atoms with Gasteiger partial charge in [-0.2, -0.15) is 5.10 Å². The summed E-state index contributed by atoms with van der Waals surface area (Å²) < 4.78 is 4.81. The first-order chi connectivity index (χ1) is 9.83. The Morgan fingerprint density at radius 3 is 2.60 bits per heavy atom. The van der Waals surface area contributed by atoms with Crippen molar-refractivity contribution < 1.29 is 0 Å². The first kappa shape index (κ1) is 12.5. The van der Waals surface area contributed by atoms with Gasteiger partial charge in [-0.1, -0.05) is 18.9 Å². The lowest BCUT2D eigenvalue weighted by molar-refractivity contribution is 0.134. The number of hydrogen-bond donors (Lipinski definition) is 0. The average molecular weight is 288 g/mol. The van der Waals surface area contributed by atoms with E-state index in [9.17, 15) is 0 Å². The molecule has 0 unspecified atom stereocenters. The maximum Gasteiger partial charge on any atom is 0.203 e. The monoisotopic (exact) mass is 288 g/mol. The molecule has 0 radical (unpaired) electrons. The van der Waals surface area contributed by atoms with Crippen molar-refractivity contribution in [3.63, 3.8) is 0 Å². The topological polar surface area (TPSA) is 25.5 Å². The van der Waals surface area contributed by atoms with E-state index in [1.165, 1.54) is 38.5 Å². The van der Waals surface area contributed by atoms with E-state index < -0.39 is 0 Å². The van der Waals surface area contributed by atoms with E-state index in [4.69, 9.17) is 12.2 Å². The van der Waals surface area contributed by atoms with Crippen molar-refractivity contribution in [1.82, 2.24) is 19.1 Å². The van der Waals surface area contributed by atoms with Crippen molar-refractivity contribution in [2.45, 2.75) is 57.3 Å². The van der Waals surface area contributed by atoms with E-state index in [0.717, 1.165) is 29.2 Å². The highest BCUT2D eigenvalue weighted by atomic mass is 32.1. The Bertz CT molecular complexity index is 664. The van der Waals surface area contributed by atoms with Gasteiger partial charge >= 0.3 is 0 Å². The van der Waals surface area contributed by atoms with Crippen LogP contribution >= 0.6 is 12.2 Å². The molecule has 0 aliphatic heterocycles. The van der Waals surface area contributed by atoms with Crippen molar-refractivity contribution >= 4 is 17.9 Å². The zero-order valence-corrected chi connectivity index (χ0v) is 12.4. The normalized spacial score (nSPS) is 20.2. The lowest BCUT2D eigenvalue weighted by Crippen LogP contribution is -2.37. The van der Waals surface area contributed by atoms with Gasteiger partial charge in [-0.05, 0) is 50.0 Å². The molecule has 0 atom stereocenters. The fourth-order valence-electron chi connectivity index (χ4n) is 3.39. The number of nitrogens with zero attached hydrogens (tertiary/aromatic N) is 4. The van der Waals surface area contributed by atoms with Gasteiger partial charge in [0.15, 0.2) is 5.65 Å². The Morgan fingerprint density at radius 2 is 1.90 bits per heavy atom.